The highest BCUT2D eigenvalue weighted by atomic mass is 79.9. The Morgan fingerprint density at radius 2 is 1.16 bits per heavy atom. The van der Waals surface area contributed by atoms with E-state index in [9.17, 15) is 43.8 Å². The minimum absolute atomic E-state index is 0.202. The van der Waals surface area contributed by atoms with Crippen molar-refractivity contribution in [2.75, 3.05) is 13.2 Å². The van der Waals surface area contributed by atoms with Crippen molar-refractivity contribution in [3.05, 3.63) is 0 Å². The first kappa shape index (κ1) is 45.4. The van der Waals surface area contributed by atoms with Gasteiger partial charge in [-0.2, -0.15) is 13.2 Å². The predicted molar refractivity (Wildman–Crippen MR) is 211 cm³/mol. The molecule has 7 rings (SSSR count). The molecule has 1 aliphatic heterocycles. The van der Waals surface area contributed by atoms with Crippen LogP contribution in [0.15, 0.2) is 0 Å². The molecule has 7 aliphatic rings. The third-order valence-corrected chi connectivity index (χ3v) is 17.2. The average Bonchev–Trinajstić information content (AvgIpc) is 3.18. The van der Waals surface area contributed by atoms with E-state index >= 15 is 0 Å². The first-order valence-corrected chi connectivity index (χ1v) is 23.4. The molecule has 0 bridgehead atoms. The molecule has 9 atom stereocenters. The summed E-state index contributed by atoms with van der Waals surface area (Å²) in [4.78, 5) is 0. The van der Waals surface area contributed by atoms with Crippen LogP contribution >= 0.6 is 15.9 Å². The number of unbranched alkanes of at least 4 members (excludes halogenated alkanes) is 17. The molecule has 13 heteroatoms. The lowest BCUT2D eigenvalue weighted by molar-refractivity contribution is -0.595. The lowest BCUT2D eigenvalue weighted by Gasteiger charge is -3.11. The standard InChI is InChI=1S/C43H73BrF3NO8/c1-2-3-4-5-6-7-8-9-10-12-15-18-21-27(50)36(51)26(25-55-40-39(54)38(53)37(52)28(24-49)56-40)48-29(43(45,46)47)22-19-16-13-11-14-17-20-23-41-30-33-31(41)35-32(41)34(30)42(33,35)44/h26-40,48-54H,2-25H2,1H3/t26-,27+,28?,29-,30?,31?,32?,33?,34?,35?,36-,37?,38?,39?,40?,41?,42?/m0/s1. The van der Waals surface area contributed by atoms with Crippen LogP contribution in [0.2, 0.25) is 0 Å². The maximum atomic E-state index is 14.4. The Morgan fingerprint density at radius 3 is 1.66 bits per heavy atom. The van der Waals surface area contributed by atoms with Crippen molar-refractivity contribution in [1.29, 1.82) is 0 Å². The molecular weight excluding hydrogens is 795 g/mol. The summed E-state index contributed by atoms with van der Waals surface area (Å²) < 4.78 is 54.8. The minimum atomic E-state index is -4.63. The van der Waals surface area contributed by atoms with Crippen molar-refractivity contribution in [3.63, 3.8) is 0 Å². The molecular formula is C43H73BrF3NO8. The van der Waals surface area contributed by atoms with E-state index in [1.54, 1.807) is 0 Å². The van der Waals surface area contributed by atoms with Gasteiger partial charge >= 0.3 is 6.18 Å². The van der Waals surface area contributed by atoms with Crippen LogP contribution in [0.3, 0.4) is 0 Å². The van der Waals surface area contributed by atoms with Crippen LogP contribution in [-0.4, -0.2) is 109 Å². The van der Waals surface area contributed by atoms with E-state index in [1.807, 2.05) is 0 Å². The van der Waals surface area contributed by atoms with Gasteiger partial charge in [0.1, 0.15) is 30.5 Å². The van der Waals surface area contributed by atoms with Crippen molar-refractivity contribution in [3.8, 4) is 0 Å². The van der Waals surface area contributed by atoms with E-state index in [0.717, 1.165) is 80.5 Å². The molecule has 0 radical (unpaired) electrons. The predicted octanol–water partition coefficient (Wildman–Crippen LogP) is 6.90. The highest BCUT2D eigenvalue weighted by Crippen LogP contribution is 3.09. The molecule has 7 fully saturated rings. The molecule has 0 amide bonds. The molecule has 5 unspecified atom stereocenters. The van der Waals surface area contributed by atoms with Gasteiger partial charge in [-0.1, -0.05) is 145 Å². The number of alkyl halides is 4. The third-order valence-electron chi connectivity index (χ3n) is 15.6. The summed E-state index contributed by atoms with van der Waals surface area (Å²) in [5.74, 6) is 6.00. The second-order valence-corrected chi connectivity index (χ2v) is 20.1. The number of halogens is 4. The van der Waals surface area contributed by atoms with Crippen molar-refractivity contribution in [2.45, 2.75) is 214 Å². The lowest BCUT2D eigenvalue weighted by atomic mass is 8.96. The van der Waals surface area contributed by atoms with Gasteiger partial charge in [-0.25, -0.2) is 0 Å². The summed E-state index contributed by atoms with van der Waals surface area (Å²) in [6, 6.07) is -3.35. The van der Waals surface area contributed by atoms with Crippen molar-refractivity contribution in [2.24, 2.45) is 40.9 Å². The number of nitrogens with one attached hydrogen (secondary N) is 1. The summed E-state index contributed by atoms with van der Waals surface area (Å²) in [5.41, 5.74) is 0.711. The summed E-state index contributed by atoms with van der Waals surface area (Å²) >= 11 is 4.04. The summed E-state index contributed by atoms with van der Waals surface area (Å²) in [5, 5.41) is 65.0. The topological polar surface area (TPSA) is 152 Å². The van der Waals surface area contributed by atoms with Crippen molar-refractivity contribution in [1.82, 2.24) is 5.32 Å². The summed E-state index contributed by atoms with van der Waals surface area (Å²) in [7, 11) is 0. The van der Waals surface area contributed by atoms with Gasteiger partial charge in [0.2, 0.25) is 0 Å². The molecule has 0 aromatic heterocycles. The number of aliphatic hydroxyl groups is 6. The molecule has 0 spiro atoms. The van der Waals surface area contributed by atoms with Gasteiger partial charge in [0.05, 0.1) is 31.5 Å². The zero-order chi connectivity index (χ0) is 40.3. The van der Waals surface area contributed by atoms with Gasteiger partial charge in [0, 0.05) is 4.32 Å². The largest absolute Gasteiger partial charge is 0.403 e. The Balaban J connectivity index is 0.900. The first-order chi connectivity index (χ1) is 26.8. The Kier molecular flexibility index (Phi) is 16.0. The molecule has 9 nitrogen and oxygen atoms in total. The quantitative estimate of drug-likeness (QED) is 0.0292. The zero-order valence-corrected chi connectivity index (χ0v) is 35.2. The number of hydrogen-bond donors (Lipinski definition) is 7. The van der Waals surface area contributed by atoms with Gasteiger partial charge in [0.25, 0.3) is 0 Å². The fourth-order valence-electron chi connectivity index (χ4n) is 12.7. The van der Waals surface area contributed by atoms with Crippen LogP contribution in [0.5, 0.6) is 0 Å². The molecule has 7 N–H and O–H groups in total. The van der Waals surface area contributed by atoms with E-state index in [1.165, 1.54) is 64.2 Å². The van der Waals surface area contributed by atoms with E-state index < -0.39 is 74.4 Å². The molecule has 1 heterocycles. The first-order valence-electron chi connectivity index (χ1n) is 22.7. The Bertz CT molecular complexity index is 1160. The number of rotatable bonds is 31. The van der Waals surface area contributed by atoms with Crippen LogP contribution in [-0.2, 0) is 9.47 Å². The molecule has 1 saturated heterocycles. The van der Waals surface area contributed by atoms with Crippen molar-refractivity contribution >= 4 is 15.9 Å². The fraction of sp³-hybridized carbons (Fsp3) is 1.00. The number of aliphatic hydroxyl groups excluding tert-OH is 6. The Morgan fingerprint density at radius 1 is 0.679 bits per heavy atom. The summed E-state index contributed by atoms with van der Waals surface area (Å²) in [6.07, 6.45) is 5.86. The van der Waals surface area contributed by atoms with E-state index in [0.29, 0.717) is 29.0 Å². The third kappa shape index (κ3) is 8.67. The molecule has 6 aliphatic carbocycles. The summed E-state index contributed by atoms with van der Waals surface area (Å²) in [6.45, 7) is 0.934. The monoisotopic (exact) mass is 867 g/mol. The lowest BCUT2D eigenvalue weighted by Crippen LogP contribution is -3.11. The van der Waals surface area contributed by atoms with Crippen LogP contribution in [0, 0.1) is 40.9 Å². The Labute approximate surface area is 341 Å². The average molecular weight is 869 g/mol. The van der Waals surface area contributed by atoms with Gasteiger partial charge in [0.15, 0.2) is 6.29 Å². The van der Waals surface area contributed by atoms with Crippen LogP contribution in [0.25, 0.3) is 0 Å². The molecule has 0 aromatic rings. The highest BCUT2D eigenvalue weighted by Gasteiger charge is 3.08. The number of hydrogen-bond acceptors (Lipinski definition) is 9. The van der Waals surface area contributed by atoms with E-state index in [4.69, 9.17) is 9.47 Å². The number of ether oxygens (including phenoxy) is 2. The van der Waals surface area contributed by atoms with E-state index in [-0.39, 0.29) is 12.8 Å². The van der Waals surface area contributed by atoms with Gasteiger partial charge in [-0.05, 0) is 60.2 Å². The van der Waals surface area contributed by atoms with Crippen LogP contribution < -0.4 is 5.32 Å². The Hall–Kier alpha value is -0.0900. The van der Waals surface area contributed by atoms with Gasteiger partial charge in [-0.3, -0.25) is 5.32 Å². The normalized spacial score (nSPS) is 39.4. The van der Waals surface area contributed by atoms with Gasteiger partial charge < -0.3 is 40.1 Å². The van der Waals surface area contributed by atoms with Crippen LogP contribution in [0.4, 0.5) is 13.2 Å². The fourth-order valence-corrected chi connectivity index (χ4v) is 14.4. The second-order valence-electron chi connectivity index (χ2n) is 18.7. The molecule has 326 valence electrons. The molecule has 6 saturated carbocycles. The maximum Gasteiger partial charge on any atom is 0.403 e. The smallest absolute Gasteiger partial charge is 0.394 e. The van der Waals surface area contributed by atoms with Crippen LogP contribution in [0.1, 0.15) is 148 Å². The SMILES string of the molecule is CCCCCCCCCCCCCC[C@@H](O)[C@@H](O)[C@H](COC1OC(CO)C(O)C(O)C1O)N[C@@H](CCCCCCCCCC12C3C4C1C1C2C3C41Br)C(F)(F)F. The van der Waals surface area contributed by atoms with Gasteiger partial charge in [-0.15, -0.1) is 0 Å². The van der Waals surface area contributed by atoms with E-state index in [2.05, 4.69) is 28.2 Å². The minimum Gasteiger partial charge on any atom is -0.394 e. The second kappa shape index (κ2) is 19.7. The molecule has 56 heavy (non-hydrogen) atoms. The van der Waals surface area contributed by atoms with Crippen molar-refractivity contribution < 1.29 is 53.3 Å². The highest BCUT2D eigenvalue weighted by molar-refractivity contribution is 9.10. The zero-order valence-electron chi connectivity index (χ0n) is 33.6. The molecule has 0 aromatic carbocycles. The maximum absolute atomic E-state index is 14.4.